The van der Waals surface area contributed by atoms with Crippen molar-refractivity contribution in [3.05, 3.63) is 59.8 Å². The van der Waals surface area contributed by atoms with Crippen LogP contribution in [-0.4, -0.2) is 36.4 Å². The van der Waals surface area contributed by atoms with Gasteiger partial charge in [0.15, 0.2) is 0 Å². The van der Waals surface area contributed by atoms with Crippen LogP contribution in [0.25, 0.3) is 0 Å². The van der Waals surface area contributed by atoms with Crippen molar-refractivity contribution in [1.29, 1.82) is 0 Å². The van der Waals surface area contributed by atoms with Crippen LogP contribution in [0.15, 0.2) is 48.7 Å². The number of hydrogen-bond acceptors (Lipinski definition) is 3. The molecule has 0 bridgehead atoms. The number of likely N-dealkylation sites (tertiary alicyclic amines) is 1. The van der Waals surface area contributed by atoms with Gasteiger partial charge in [0.05, 0.1) is 6.04 Å². The monoisotopic (exact) mass is 295 g/mol. The van der Waals surface area contributed by atoms with Gasteiger partial charge in [-0.15, -0.1) is 0 Å². The third-order valence-electron chi connectivity index (χ3n) is 4.13. The molecule has 22 heavy (non-hydrogen) atoms. The molecule has 0 spiro atoms. The van der Waals surface area contributed by atoms with Crippen LogP contribution in [0.1, 0.15) is 34.8 Å². The fraction of sp³-hybridized carbons (Fsp3) is 0.333. The van der Waals surface area contributed by atoms with Gasteiger partial charge in [-0.1, -0.05) is 24.3 Å². The lowest BCUT2D eigenvalue weighted by molar-refractivity contribution is 0.0736. The van der Waals surface area contributed by atoms with Crippen LogP contribution in [0.2, 0.25) is 0 Å². The number of amides is 1. The highest BCUT2D eigenvalue weighted by atomic mass is 16.2. The molecule has 1 fully saturated rings. The summed E-state index contributed by atoms with van der Waals surface area (Å²) < 4.78 is 0. The Balaban J connectivity index is 1.93. The molecular formula is C18H21N3O. The summed E-state index contributed by atoms with van der Waals surface area (Å²) in [6, 6.07) is 13.7. The minimum atomic E-state index is 0.108. The average Bonchev–Trinajstić information content (AvgIpc) is 3.04. The molecule has 0 aliphatic carbocycles. The Morgan fingerprint density at radius 1 is 1.18 bits per heavy atom. The van der Waals surface area contributed by atoms with E-state index < -0.39 is 0 Å². The fourth-order valence-corrected chi connectivity index (χ4v) is 3.12. The number of aromatic nitrogens is 1. The third-order valence-corrected chi connectivity index (χ3v) is 4.13. The lowest BCUT2D eigenvalue weighted by Gasteiger charge is -2.28. The first-order chi connectivity index (χ1) is 10.7. The minimum Gasteiger partial charge on any atom is -0.362 e. The van der Waals surface area contributed by atoms with Crippen LogP contribution < -0.4 is 4.90 Å². The van der Waals surface area contributed by atoms with Crippen molar-refractivity contribution < 1.29 is 4.79 Å². The maximum atomic E-state index is 12.8. The average molecular weight is 295 g/mol. The van der Waals surface area contributed by atoms with Crippen molar-refractivity contribution >= 4 is 11.7 Å². The van der Waals surface area contributed by atoms with E-state index in [1.165, 1.54) is 0 Å². The summed E-state index contributed by atoms with van der Waals surface area (Å²) in [5, 5.41) is 0. The first-order valence-corrected chi connectivity index (χ1v) is 7.66. The molecule has 1 amide bonds. The molecular weight excluding hydrogens is 274 g/mol. The molecule has 1 aliphatic rings. The number of rotatable bonds is 3. The first kappa shape index (κ1) is 14.6. The molecule has 1 aromatic heterocycles. The number of carbonyl (C=O) groups excluding carboxylic acids is 1. The van der Waals surface area contributed by atoms with Crippen molar-refractivity contribution in [3.8, 4) is 0 Å². The summed E-state index contributed by atoms with van der Waals surface area (Å²) in [6.45, 7) is 0.806. The van der Waals surface area contributed by atoms with Crippen molar-refractivity contribution in [1.82, 2.24) is 9.88 Å². The molecule has 0 N–H and O–H groups in total. The summed E-state index contributed by atoms with van der Waals surface area (Å²) in [7, 11) is 3.98. The zero-order valence-corrected chi connectivity index (χ0v) is 13.1. The number of anilines is 1. The van der Waals surface area contributed by atoms with Gasteiger partial charge in [-0.25, -0.2) is 4.98 Å². The molecule has 2 heterocycles. The van der Waals surface area contributed by atoms with Gasteiger partial charge in [0, 0.05) is 38.0 Å². The van der Waals surface area contributed by atoms with Gasteiger partial charge in [0.1, 0.15) is 5.82 Å². The predicted molar refractivity (Wildman–Crippen MR) is 88.0 cm³/mol. The van der Waals surface area contributed by atoms with Crippen molar-refractivity contribution in [2.24, 2.45) is 0 Å². The molecule has 1 aromatic carbocycles. The molecule has 2 aromatic rings. The van der Waals surface area contributed by atoms with E-state index >= 15 is 0 Å². The van der Waals surface area contributed by atoms with E-state index in [2.05, 4.69) is 11.1 Å². The lowest BCUT2D eigenvalue weighted by atomic mass is 10.0. The summed E-state index contributed by atoms with van der Waals surface area (Å²) in [5.41, 5.74) is 1.89. The predicted octanol–water partition coefficient (Wildman–Crippen LogP) is 3.12. The number of hydrogen-bond donors (Lipinski definition) is 0. The topological polar surface area (TPSA) is 36.4 Å². The maximum Gasteiger partial charge on any atom is 0.254 e. The Morgan fingerprint density at radius 3 is 2.68 bits per heavy atom. The second-order valence-electron chi connectivity index (χ2n) is 5.83. The van der Waals surface area contributed by atoms with Crippen LogP contribution in [-0.2, 0) is 0 Å². The molecule has 0 radical (unpaired) electrons. The Morgan fingerprint density at radius 2 is 1.95 bits per heavy atom. The molecule has 1 aliphatic heterocycles. The zero-order chi connectivity index (χ0) is 15.5. The highest BCUT2D eigenvalue weighted by Gasteiger charge is 2.32. The molecule has 0 saturated carbocycles. The minimum absolute atomic E-state index is 0.108. The largest absolute Gasteiger partial charge is 0.362 e. The van der Waals surface area contributed by atoms with Gasteiger partial charge in [0.25, 0.3) is 5.91 Å². The van der Waals surface area contributed by atoms with Crippen LogP contribution in [0.3, 0.4) is 0 Å². The van der Waals surface area contributed by atoms with Crippen LogP contribution >= 0.6 is 0 Å². The van der Waals surface area contributed by atoms with Gasteiger partial charge in [0.2, 0.25) is 0 Å². The third kappa shape index (κ3) is 2.69. The van der Waals surface area contributed by atoms with Crippen LogP contribution in [0, 0.1) is 0 Å². The number of benzene rings is 1. The second kappa shape index (κ2) is 6.18. The SMILES string of the molecule is CN(C)c1ncccc1[C@H]1CCCN1C(=O)c1ccccc1. The van der Waals surface area contributed by atoms with Crippen molar-refractivity contribution in [2.75, 3.05) is 25.5 Å². The van der Waals surface area contributed by atoms with E-state index in [9.17, 15) is 4.79 Å². The quantitative estimate of drug-likeness (QED) is 0.873. The number of pyridine rings is 1. The zero-order valence-electron chi connectivity index (χ0n) is 13.1. The van der Waals surface area contributed by atoms with Gasteiger partial charge >= 0.3 is 0 Å². The number of nitrogens with zero attached hydrogens (tertiary/aromatic N) is 3. The van der Waals surface area contributed by atoms with Crippen molar-refractivity contribution in [2.45, 2.75) is 18.9 Å². The fourth-order valence-electron chi connectivity index (χ4n) is 3.12. The Hall–Kier alpha value is -2.36. The molecule has 4 nitrogen and oxygen atoms in total. The van der Waals surface area contributed by atoms with Gasteiger partial charge < -0.3 is 9.80 Å². The molecule has 114 valence electrons. The van der Waals surface area contributed by atoms with Crippen LogP contribution in [0.5, 0.6) is 0 Å². The van der Waals surface area contributed by atoms with Crippen LogP contribution in [0.4, 0.5) is 5.82 Å². The Kier molecular flexibility index (Phi) is 4.09. The molecule has 1 atom stereocenters. The maximum absolute atomic E-state index is 12.8. The van der Waals surface area contributed by atoms with E-state index in [4.69, 9.17) is 0 Å². The summed E-state index contributed by atoms with van der Waals surface area (Å²) >= 11 is 0. The highest BCUT2D eigenvalue weighted by Crippen LogP contribution is 2.36. The van der Waals surface area contributed by atoms with E-state index in [0.29, 0.717) is 0 Å². The lowest BCUT2D eigenvalue weighted by Crippen LogP contribution is -2.31. The standard InChI is InChI=1S/C18H21N3O/c1-20(2)17-15(10-6-12-19-17)16-11-7-13-21(16)18(22)14-8-4-3-5-9-14/h3-6,8-10,12,16H,7,11,13H2,1-2H3/t16-/m1/s1. The smallest absolute Gasteiger partial charge is 0.254 e. The normalized spacial score (nSPS) is 17.5. The van der Waals surface area contributed by atoms with Gasteiger partial charge in [-0.3, -0.25) is 4.79 Å². The van der Waals surface area contributed by atoms with Gasteiger partial charge in [-0.2, -0.15) is 0 Å². The molecule has 3 rings (SSSR count). The Labute approximate surface area is 131 Å². The Bertz CT molecular complexity index is 654. The van der Waals surface area contributed by atoms with E-state index in [1.54, 1.807) is 6.20 Å². The summed E-state index contributed by atoms with van der Waals surface area (Å²) in [6.07, 6.45) is 3.83. The summed E-state index contributed by atoms with van der Waals surface area (Å²) in [4.78, 5) is 21.3. The molecule has 1 saturated heterocycles. The molecule has 0 unspecified atom stereocenters. The van der Waals surface area contributed by atoms with Gasteiger partial charge in [-0.05, 0) is 31.0 Å². The first-order valence-electron chi connectivity index (χ1n) is 7.66. The molecule has 4 heteroatoms. The van der Waals surface area contributed by atoms with E-state index in [1.807, 2.05) is 60.3 Å². The van der Waals surface area contributed by atoms with Crippen molar-refractivity contribution in [3.63, 3.8) is 0 Å². The highest BCUT2D eigenvalue weighted by molar-refractivity contribution is 5.94. The second-order valence-corrected chi connectivity index (χ2v) is 5.83. The van der Waals surface area contributed by atoms with E-state index in [-0.39, 0.29) is 11.9 Å². The summed E-state index contributed by atoms with van der Waals surface area (Å²) in [5.74, 6) is 1.05. The van der Waals surface area contributed by atoms with E-state index in [0.717, 1.165) is 36.3 Å². The number of carbonyl (C=O) groups is 1.